The fraction of sp³-hybridized carbons (Fsp3) is 0.300. The summed E-state index contributed by atoms with van der Waals surface area (Å²) in [5.41, 5.74) is 2.77. The fourth-order valence-electron chi connectivity index (χ4n) is 5.61. The Morgan fingerprint density at radius 2 is 1.71 bits per heavy atom. The zero-order chi connectivity index (χ0) is 26.5. The van der Waals surface area contributed by atoms with Gasteiger partial charge in [-0.2, -0.15) is 0 Å². The molecule has 3 heterocycles. The Bertz CT molecular complexity index is 1270. The second kappa shape index (κ2) is 11.5. The number of hydrogen-bond donors (Lipinski definition) is 2. The lowest BCUT2D eigenvalue weighted by molar-refractivity contribution is -0.118. The number of amides is 2. The molecule has 1 unspecified atom stereocenters. The molecule has 0 radical (unpaired) electrons. The topological polar surface area (TPSA) is 99.2 Å². The highest BCUT2D eigenvalue weighted by Gasteiger charge is 2.43. The van der Waals surface area contributed by atoms with Gasteiger partial charge in [-0.15, -0.1) is 0 Å². The molecular formula is C30H31N3O5. The van der Waals surface area contributed by atoms with Crippen LogP contribution in [0.3, 0.4) is 0 Å². The van der Waals surface area contributed by atoms with Crippen molar-refractivity contribution in [1.29, 1.82) is 0 Å². The molecule has 2 bridgehead atoms. The van der Waals surface area contributed by atoms with Crippen molar-refractivity contribution in [2.45, 2.75) is 24.9 Å². The Morgan fingerprint density at radius 3 is 2.34 bits per heavy atom. The molecule has 8 nitrogen and oxygen atoms in total. The summed E-state index contributed by atoms with van der Waals surface area (Å²) < 4.78 is 5.80. The van der Waals surface area contributed by atoms with Crippen LogP contribution in [0, 0.1) is 5.92 Å². The van der Waals surface area contributed by atoms with E-state index in [4.69, 9.17) is 4.74 Å². The molecule has 196 valence electrons. The molecule has 6 rings (SSSR count). The number of fused-ring (bicyclic) bond motifs is 3. The minimum atomic E-state index is -0.941. The number of benzene rings is 3. The van der Waals surface area contributed by atoms with Gasteiger partial charge in [-0.25, -0.2) is 4.79 Å². The van der Waals surface area contributed by atoms with Crippen LogP contribution in [0.25, 0.3) is 0 Å². The van der Waals surface area contributed by atoms with E-state index in [9.17, 15) is 19.5 Å². The van der Waals surface area contributed by atoms with Crippen molar-refractivity contribution in [3.8, 4) is 5.75 Å². The number of piperidine rings is 3. The van der Waals surface area contributed by atoms with Gasteiger partial charge in [-0.1, -0.05) is 42.5 Å². The fourth-order valence-corrected chi connectivity index (χ4v) is 5.61. The van der Waals surface area contributed by atoms with Crippen LogP contribution in [-0.4, -0.2) is 65.5 Å². The van der Waals surface area contributed by atoms with E-state index in [1.807, 2.05) is 48.5 Å². The molecule has 3 aliphatic heterocycles. The Labute approximate surface area is 221 Å². The largest absolute Gasteiger partial charge is 0.484 e. The average Bonchev–Trinajstić information content (AvgIpc) is 2.96. The van der Waals surface area contributed by atoms with Gasteiger partial charge in [0.1, 0.15) is 12.0 Å². The highest BCUT2D eigenvalue weighted by atomic mass is 16.5. The minimum absolute atomic E-state index is 0.0961. The summed E-state index contributed by atoms with van der Waals surface area (Å²) in [6.45, 7) is 2.58. The van der Waals surface area contributed by atoms with Crippen molar-refractivity contribution in [3.05, 3.63) is 95.6 Å². The summed E-state index contributed by atoms with van der Waals surface area (Å²) >= 11 is 0. The van der Waals surface area contributed by atoms with E-state index < -0.39 is 12.1 Å². The molecule has 3 fully saturated rings. The SMILES string of the molecule is O=Cc1ccc(NC(=O)COc2cccc(C(c3ccccc3)N(C(=O)O)[C@H]3CN4CCC3CC4)c2)cc1. The molecule has 8 heteroatoms. The molecule has 3 saturated heterocycles. The van der Waals surface area contributed by atoms with Gasteiger partial charge in [-0.05, 0) is 79.4 Å². The van der Waals surface area contributed by atoms with Crippen molar-refractivity contribution in [3.63, 3.8) is 0 Å². The quantitative estimate of drug-likeness (QED) is 0.403. The lowest BCUT2D eigenvalue weighted by atomic mass is 9.81. The molecule has 2 amide bonds. The number of nitrogens with one attached hydrogen (secondary N) is 1. The summed E-state index contributed by atoms with van der Waals surface area (Å²) in [5.74, 6) is 0.480. The van der Waals surface area contributed by atoms with Crippen molar-refractivity contribution < 1.29 is 24.2 Å². The lowest BCUT2D eigenvalue weighted by Gasteiger charge is -2.50. The van der Waals surface area contributed by atoms with Gasteiger partial charge in [0.15, 0.2) is 6.61 Å². The maximum Gasteiger partial charge on any atom is 0.408 e. The van der Waals surface area contributed by atoms with Gasteiger partial charge in [0.25, 0.3) is 5.91 Å². The van der Waals surface area contributed by atoms with Gasteiger partial charge < -0.3 is 20.1 Å². The van der Waals surface area contributed by atoms with Gasteiger partial charge in [0.2, 0.25) is 0 Å². The zero-order valence-electron chi connectivity index (χ0n) is 21.0. The van der Waals surface area contributed by atoms with Crippen LogP contribution >= 0.6 is 0 Å². The summed E-state index contributed by atoms with van der Waals surface area (Å²) in [4.78, 5) is 40.0. The molecule has 0 aromatic heterocycles. The monoisotopic (exact) mass is 513 g/mol. The van der Waals surface area contributed by atoms with E-state index in [0.29, 0.717) is 22.9 Å². The lowest BCUT2D eigenvalue weighted by Crippen LogP contribution is -2.59. The first-order valence-corrected chi connectivity index (χ1v) is 12.9. The van der Waals surface area contributed by atoms with Crippen LogP contribution in [0.1, 0.15) is 40.4 Å². The molecular weight excluding hydrogens is 482 g/mol. The van der Waals surface area contributed by atoms with Crippen LogP contribution in [0.5, 0.6) is 5.75 Å². The first kappa shape index (κ1) is 25.5. The molecule has 2 atom stereocenters. The number of hydrogen-bond acceptors (Lipinski definition) is 5. The molecule has 3 aliphatic rings. The van der Waals surface area contributed by atoms with Crippen molar-refractivity contribution in [2.24, 2.45) is 5.92 Å². The third-order valence-corrected chi connectivity index (χ3v) is 7.47. The summed E-state index contributed by atoms with van der Waals surface area (Å²) in [5, 5.41) is 13.2. The van der Waals surface area contributed by atoms with Crippen LogP contribution in [0.15, 0.2) is 78.9 Å². The molecule has 0 aliphatic carbocycles. The third-order valence-electron chi connectivity index (χ3n) is 7.47. The predicted octanol–water partition coefficient (Wildman–Crippen LogP) is 4.68. The van der Waals surface area contributed by atoms with Gasteiger partial charge >= 0.3 is 6.09 Å². The zero-order valence-corrected chi connectivity index (χ0v) is 21.0. The number of rotatable bonds is 9. The van der Waals surface area contributed by atoms with E-state index in [1.54, 1.807) is 35.2 Å². The number of ether oxygens (including phenoxy) is 1. The summed E-state index contributed by atoms with van der Waals surface area (Å²) in [6, 6.07) is 23.0. The number of anilines is 1. The van der Waals surface area contributed by atoms with E-state index in [0.717, 1.165) is 49.9 Å². The molecule has 0 spiro atoms. The molecule has 38 heavy (non-hydrogen) atoms. The normalized spacial score (nSPS) is 20.8. The minimum Gasteiger partial charge on any atom is -0.484 e. The first-order valence-electron chi connectivity index (χ1n) is 12.9. The second-order valence-electron chi connectivity index (χ2n) is 9.86. The molecule has 2 N–H and O–H groups in total. The van der Waals surface area contributed by atoms with E-state index in [1.165, 1.54) is 0 Å². The van der Waals surface area contributed by atoms with Crippen LogP contribution in [0.4, 0.5) is 10.5 Å². The summed E-state index contributed by atoms with van der Waals surface area (Å²) in [6.07, 6.45) is 1.81. The molecule has 3 aromatic rings. The Hall–Kier alpha value is -4.17. The van der Waals surface area contributed by atoms with E-state index in [-0.39, 0.29) is 18.6 Å². The maximum absolute atomic E-state index is 12.8. The highest BCUT2D eigenvalue weighted by molar-refractivity contribution is 5.92. The van der Waals surface area contributed by atoms with Gasteiger partial charge in [0.05, 0.1) is 12.1 Å². The predicted molar refractivity (Wildman–Crippen MR) is 143 cm³/mol. The molecule has 3 aromatic carbocycles. The van der Waals surface area contributed by atoms with Gasteiger partial charge in [0, 0.05) is 17.8 Å². The van der Waals surface area contributed by atoms with Crippen LogP contribution in [0.2, 0.25) is 0 Å². The van der Waals surface area contributed by atoms with E-state index >= 15 is 0 Å². The Kier molecular flexibility index (Phi) is 7.70. The number of nitrogens with zero attached hydrogens (tertiary/aromatic N) is 2. The highest BCUT2D eigenvalue weighted by Crippen LogP contribution is 2.39. The first-order chi connectivity index (χ1) is 18.5. The standard InChI is InChI=1S/C30H31N3O5/c34-19-21-9-11-25(12-10-21)31-28(35)20-38-26-8-4-7-24(17-26)29(23-5-2-1-3-6-23)33(30(36)37)27-18-32-15-13-22(27)14-16-32/h1-12,17,19,22,27,29H,13-16,18,20H2,(H,31,35)(H,36,37)/t27-,29?/m0/s1. The second-order valence-corrected chi connectivity index (χ2v) is 9.86. The molecule has 0 saturated carbocycles. The Morgan fingerprint density at radius 1 is 1.00 bits per heavy atom. The number of carbonyl (C=O) groups excluding carboxylic acids is 2. The van der Waals surface area contributed by atoms with Crippen LogP contribution < -0.4 is 10.1 Å². The third kappa shape index (κ3) is 5.70. The van der Waals surface area contributed by atoms with Gasteiger partial charge in [-0.3, -0.25) is 14.5 Å². The average molecular weight is 514 g/mol. The summed E-state index contributed by atoms with van der Waals surface area (Å²) in [7, 11) is 0. The van der Waals surface area contributed by atoms with Crippen molar-refractivity contribution in [1.82, 2.24) is 9.80 Å². The smallest absolute Gasteiger partial charge is 0.408 e. The number of aldehydes is 1. The van der Waals surface area contributed by atoms with Crippen molar-refractivity contribution in [2.75, 3.05) is 31.6 Å². The Balaban J connectivity index is 1.36. The van der Waals surface area contributed by atoms with Crippen molar-refractivity contribution >= 4 is 24.0 Å². The maximum atomic E-state index is 12.8. The number of carboxylic acid groups (broad SMARTS) is 1. The number of carbonyl (C=O) groups is 3. The van der Waals surface area contributed by atoms with Crippen LogP contribution in [-0.2, 0) is 4.79 Å². The van der Waals surface area contributed by atoms with E-state index in [2.05, 4.69) is 10.2 Å².